The predicted octanol–water partition coefficient (Wildman–Crippen LogP) is 2.80. The van der Waals surface area contributed by atoms with Gasteiger partial charge in [-0.2, -0.15) is 0 Å². The monoisotopic (exact) mass is 342 g/mol. The molecule has 1 aromatic carbocycles. The lowest BCUT2D eigenvalue weighted by molar-refractivity contribution is 0.0693. The molecule has 0 fully saturated rings. The first-order valence-corrected chi connectivity index (χ1v) is 7.89. The molecule has 0 bridgehead atoms. The molecule has 25 heavy (non-hydrogen) atoms. The molecule has 0 saturated carbocycles. The third-order valence-corrected chi connectivity index (χ3v) is 4.35. The Bertz CT molecular complexity index is 882. The first-order chi connectivity index (χ1) is 11.9. The number of amides is 1. The summed E-state index contributed by atoms with van der Waals surface area (Å²) in [5, 5.41) is 11.8. The number of fused-ring (bicyclic) bond motifs is 1. The summed E-state index contributed by atoms with van der Waals surface area (Å²) in [6.07, 6.45) is 2.03. The molecule has 130 valence electrons. The van der Waals surface area contributed by atoms with E-state index in [4.69, 9.17) is 9.84 Å². The third kappa shape index (κ3) is 3.00. The molecule has 7 heteroatoms. The Morgan fingerprint density at radius 3 is 2.68 bits per heavy atom. The minimum atomic E-state index is -1.11. The zero-order valence-electron chi connectivity index (χ0n) is 13.9. The van der Waals surface area contributed by atoms with Crippen LogP contribution in [0.3, 0.4) is 0 Å². The third-order valence-electron chi connectivity index (χ3n) is 4.35. The number of ketones is 1. The summed E-state index contributed by atoms with van der Waals surface area (Å²) in [5.41, 5.74) is 2.84. The number of aromatic nitrogens is 1. The van der Waals surface area contributed by atoms with E-state index in [2.05, 4.69) is 10.3 Å². The van der Waals surface area contributed by atoms with Gasteiger partial charge in [-0.3, -0.25) is 9.59 Å². The topological polar surface area (TPSA) is 108 Å². The van der Waals surface area contributed by atoms with Crippen molar-refractivity contribution in [2.24, 2.45) is 0 Å². The van der Waals surface area contributed by atoms with Crippen molar-refractivity contribution in [1.29, 1.82) is 0 Å². The second-order valence-corrected chi connectivity index (χ2v) is 5.93. The molecular weight excluding hydrogens is 324 g/mol. The largest absolute Gasteiger partial charge is 0.496 e. The number of aromatic amines is 1. The zero-order chi connectivity index (χ0) is 18.1. The number of rotatable bonds is 4. The number of aryl methyl sites for hydroxylation is 1. The molecule has 7 nitrogen and oxygen atoms in total. The normalized spacial score (nSPS) is 13.3. The fraction of sp³-hybridized carbons (Fsp3) is 0.278. The summed E-state index contributed by atoms with van der Waals surface area (Å²) in [6.45, 7) is 1.75. The summed E-state index contributed by atoms with van der Waals surface area (Å²) in [4.78, 5) is 38.8. The Morgan fingerprint density at radius 1 is 1.28 bits per heavy atom. The highest BCUT2D eigenvalue weighted by molar-refractivity contribution is 6.08. The molecule has 0 saturated heterocycles. The SMILES string of the molecule is COc1cc(NC(=O)c2[nH]c3c(c2C)C(=O)CCC3)ccc1C(=O)O. The first-order valence-electron chi connectivity index (χ1n) is 7.89. The molecule has 1 aliphatic carbocycles. The van der Waals surface area contributed by atoms with Crippen molar-refractivity contribution in [3.8, 4) is 5.75 Å². The molecule has 2 aromatic rings. The number of ether oxygens (including phenoxy) is 1. The second kappa shape index (κ2) is 6.43. The quantitative estimate of drug-likeness (QED) is 0.792. The van der Waals surface area contributed by atoms with Crippen molar-refractivity contribution in [1.82, 2.24) is 4.98 Å². The van der Waals surface area contributed by atoms with Gasteiger partial charge in [0.2, 0.25) is 0 Å². The van der Waals surface area contributed by atoms with Gasteiger partial charge >= 0.3 is 5.97 Å². The van der Waals surface area contributed by atoms with Gasteiger partial charge < -0.3 is 20.1 Å². The van der Waals surface area contributed by atoms with E-state index < -0.39 is 5.97 Å². The van der Waals surface area contributed by atoms with E-state index in [0.717, 1.165) is 18.5 Å². The van der Waals surface area contributed by atoms with Gasteiger partial charge in [-0.25, -0.2) is 4.79 Å². The van der Waals surface area contributed by atoms with Crippen LogP contribution in [0.5, 0.6) is 5.75 Å². The van der Waals surface area contributed by atoms with Crippen LogP contribution in [-0.2, 0) is 6.42 Å². The number of nitrogens with one attached hydrogen (secondary N) is 2. The first kappa shape index (κ1) is 16.8. The lowest BCUT2D eigenvalue weighted by Gasteiger charge is -2.10. The Hall–Kier alpha value is -3.09. The molecule has 0 atom stereocenters. The number of anilines is 1. The number of hydrogen-bond donors (Lipinski definition) is 3. The average Bonchev–Trinajstić information content (AvgIpc) is 2.92. The number of carboxylic acid groups (broad SMARTS) is 1. The van der Waals surface area contributed by atoms with Crippen LogP contribution in [0.15, 0.2) is 18.2 Å². The molecule has 1 amide bonds. The van der Waals surface area contributed by atoms with Crippen molar-refractivity contribution in [2.75, 3.05) is 12.4 Å². The number of methoxy groups -OCH3 is 1. The van der Waals surface area contributed by atoms with Crippen molar-refractivity contribution in [3.63, 3.8) is 0 Å². The second-order valence-electron chi connectivity index (χ2n) is 5.93. The van der Waals surface area contributed by atoms with Crippen LogP contribution in [0.1, 0.15) is 55.3 Å². The van der Waals surface area contributed by atoms with Gasteiger partial charge in [0.15, 0.2) is 5.78 Å². The molecule has 0 aliphatic heterocycles. The van der Waals surface area contributed by atoms with E-state index in [-0.39, 0.29) is 23.0 Å². The van der Waals surface area contributed by atoms with Crippen molar-refractivity contribution < 1.29 is 24.2 Å². The number of hydrogen-bond acceptors (Lipinski definition) is 4. The number of carbonyl (C=O) groups is 3. The van der Waals surface area contributed by atoms with E-state index in [1.165, 1.54) is 25.3 Å². The van der Waals surface area contributed by atoms with E-state index in [0.29, 0.717) is 28.9 Å². The Labute approximate surface area is 144 Å². The Balaban J connectivity index is 1.88. The van der Waals surface area contributed by atoms with Crippen molar-refractivity contribution in [3.05, 3.63) is 46.3 Å². The van der Waals surface area contributed by atoms with Crippen LogP contribution in [0.4, 0.5) is 5.69 Å². The van der Waals surface area contributed by atoms with Gasteiger partial charge in [-0.05, 0) is 37.5 Å². The van der Waals surface area contributed by atoms with Gasteiger partial charge in [-0.1, -0.05) is 0 Å². The number of carbonyl (C=O) groups excluding carboxylic acids is 2. The van der Waals surface area contributed by atoms with Crippen LogP contribution in [-0.4, -0.2) is 34.9 Å². The summed E-state index contributed by atoms with van der Waals surface area (Å²) in [7, 11) is 1.36. The fourth-order valence-electron chi connectivity index (χ4n) is 3.14. The minimum Gasteiger partial charge on any atom is -0.496 e. The van der Waals surface area contributed by atoms with Crippen molar-refractivity contribution >= 4 is 23.3 Å². The highest BCUT2D eigenvalue weighted by atomic mass is 16.5. The van der Waals surface area contributed by atoms with E-state index in [1.54, 1.807) is 6.92 Å². The van der Waals surface area contributed by atoms with Gasteiger partial charge in [0.1, 0.15) is 17.0 Å². The molecule has 0 radical (unpaired) electrons. The molecule has 1 aromatic heterocycles. The van der Waals surface area contributed by atoms with Crippen molar-refractivity contribution in [2.45, 2.75) is 26.2 Å². The number of H-pyrrole nitrogens is 1. The van der Waals surface area contributed by atoms with Gasteiger partial charge in [0, 0.05) is 29.4 Å². The highest BCUT2D eigenvalue weighted by Gasteiger charge is 2.26. The van der Waals surface area contributed by atoms with E-state index >= 15 is 0 Å². The van der Waals surface area contributed by atoms with Gasteiger partial charge in [0.05, 0.1) is 7.11 Å². The predicted molar refractivity (Wildman–Crippen MR) is 90.7 cm³/mol. The number of aromatic carboxylic acids is 1. The summed E-state index contributed by atoms with van der Waals surface area (Å²) >= 11 is 0. The summed E-state index contributed by atoms with van der Waals surface area (Å²) in [5.74, 6) is -1.28. The number of carboxylic acids is 1. The Kier molecular flexibility index (Phi) is 4.31. The van der Waals surface area contributed by atoms with Crippen LogP contribution in [0, 0.1) is 6.92 Å². The molecular formula is C18H18N2O5. The molecule has 1 aliphatic rings. The average molecular weight is 342 g/mol. The number of benzene rings is 1. The van der Waals surface area contributed by atoms with E-state index in [9.17, 15) is 14.4 Å². The maximum Gasteiger partial charge on any atom is 0.339 e. The summed E-state index contributed by atoms with van der Waals surface area (Å²) in [6, 6.07) is 4.31. The van der Waals surface area contributed by atoms with Gasteiger partial charge in [-0.15, -0.1) is 0 Å². The fourth-order valence-corrected chi connectivity index (χ4v) is 3.14. The smallest absolute Gasteiger partial charge is 0.339 e. The van der Waals surface area contributed by atoms with Crippen LogP contribution in [0.25, 0.3) is 0 Å². The van der Waals surface area contributed by atoms with Crippen LogP contribution in [0.2, 0.25) is 0 Å². The zero-order valence-corrected chi connectivity index (χ0v) is 13.9. The maximum absolute atomic E-state index is 12.6. The minimum absolute atomic E-state index is 0.0117. The molecule has 3 rings (SSSR count). The van der Waals surface area contributed by atoms with Gasteiger partial charge in [0.25, 0.3) is 5.91 Å². The van der Waals surface area contributed by atoms with E-state index in [1.807, 2.05) is 0 Å². The molecule has 0 unspecified atom stereocenters. The van der Waals surface area contributed by atoms with Crippen LogP contribution >= 0.6 is 0 Å². The summed E-state index contributed by atoms with van der Waals surface area (Å²) < 4.78 is 5.05. The number of Topliss-reactive ketones (excluding diaryl/α,β-unsaturated/α-hetero) is 1. The lowest BCUT2D eigenvalue weighted by atomic mass is 9.94. The highest BCUT2D eigenvalue weighted by Crippen LogP contribution is 2.28. The van der Waals surface area contributed by atoms with Crippen LogP contribution < -0.4 is 10.1 Å². The molecule has 0 spiro atoms. The molecule has 3 N–H and O–H groups in total. The molecule has 1 heterocycles. The lowest BCUT2D eigenvalue weighted by Crippen LogP contribution is -2.14. The maximum atomic E-state index is 12.6. The Morgan fingerprint density at radius 2 is 2.04 bits per heavy atom. The standard InChI is InChI=1S/C18H18N2O5/c1-9-15-12(4-3-5-13(15)21)20-16(9)17(22)19-10-6-7-11(18(23)24)14(8-10)25-2/h6-8,20H,3-5H2,1-2H3,(H,19,22)(H,23,24).